The van der Waals surface area contributed by atoms with Crippen molar-refractivity contribution < 1.29 is 4.52 Å². The molecule has 0 aliphatic heterocycles. The number of aryl methyl sites for hydroxylation is 1. The highest BCUT2D eigenvalue weighted by molar-refractivity contribution is 7.98. The second kappa shape index (κ2) is 8.94. The van der Waals surface area contributed by atoms with Crippen LogP contribution in [-0.2, 0) is 5.75 Å². The lowest BCUT2D eigenvalue weighted by atomic mass is 10.1. The molecule has 0 saturated heterocycles. The molecule has 0 amide bonds. The topological polar surface area (TPSA) is 82.5 Å². The van der Waals surface area contributed by atoms with Crippen LogP contribution in [-0.4, -0.2) is 29.9 Å². The molecule has 0 N–H and O–H groups in total. The lowest BCUT2D eigenvalue weighted by Gasteiger charge is -2.11. The molecule has 32 heavy (non-hydrogen) atoms. The van der Waals surface area contributed by atoms with Crippen LogP contribution in [0.15, 0.2) is 82.7 Å². The number of thioether (sulfide) groups is 1. The normalized spacial score (nSPS) is 11.1. The minimum absolute atomic E-state index is 0.442. The van der Waals surface area contributed by atoms with E-state index in [-0.39, 0.29) is 0 Å². The van der Waals surface area contributed by atoms with Crippen LogP contribution in [0.3, 0.4) is 0 Å². The first-order chi connectivity index (χ1) is 15.7. The summed E-state index contributed by atoms with van der Waals surface area (Å²) in [5, 5.41) is 14.2. The Balaban J connectivity index is 1.45. The molecule has 0 bridgehead atoms. The van der Waals surface area contributed by atoms with E-state index in [4.69, 9.17) is 16.1 Å². The molecule has 0 unspecified atom stereocenters. The van der Waals surface area contributed by atoms with Crippen molar-refractivity contribution in [2.75, 3.05) is 0 Å². The number of hydrogen-bond acceptors (Lipinski definition) is 7. The Morgan fingerprint density at radius 3 is 2.50 bits per heavy atom. The van der Waals surface area contributed by atoms with Crippen molar-refractivity contribution in [2.24, 2.45) is 0 Å². The lowest BCUT2D eigenvalue weighted by Crippen LogP contribution is -2.00. The number of para-hydroxylation sites is 1. The summed E-state index contributed by atoms with van der Waals surface area (Å²) in [5.74, 6) is 2.18. The van der Waals surface area contributed by atoms with E-state index in [1.54, 1.807) is 12.4 Å². The van der Waals surface area contributed by atoms with Crippen molar-refractivity contribution in [3.63, 3.8) is 0 Å². The van der Waals surface area contributed by atoms with Crippen LogP contribution < -0.4 is 0 Å². The van der Waals surface area contributed by atoms with Gasteiger partial charge in [-0.1, -0.05) is 70.5 Å². The maximum absolute atomic E-state index is 6.51. The first-order valence-electron chi connectivity index (χ1n) is 9.82. The summed E-state index contributed by atoms with van der Waals surface area (Å²) in [5.41, 5.74) is 3.77. The van der Waals surface area contributed by atoms with Gasteiger partial charge >= 0.3 is 0 Å². The molecular formula is C23H17ClN6OS. The standard InChI is InChI=1S/C23H17ClN6OS/c1-15-6-8-16(9-7-15)21-26-20(31-29-21)14-32-23-28-27-22(17-10-12-25-13-11-17)30(23)19-5-3-2-4-18(19)24/h2-13H,14H2,1H3. The third-order valence-electron chi connectivity index (χ3n) is 4.77. The average Bonchev–Trinajstić information content (AvgIpc) is 3.46. The SMILES string of the molecule is Cc1ccc(-c2noc(CSc3nnc(-c4ccncc4)n3-c3ccccc3Cl)n2)cc1. The Labute approximate surface area is 193 Å². The number of nitrogens with zero attached hydrogens (tertiary/aromatic N) is 6. The molecule has 9 heteroatoms. The molecule has 0 aliphatic rings. The van der Waals surface area contributed by atoms with Crippen molar-refractivity contribution in [1.82, 2.24) is 29.9 Å². The fraction of sp³-hybridized carbons (Fsp3) is 0.0870. The minimum Gasteiger partial charge on any atom is -0.338 e. The summed E-state index contributed by atoms with van der Waals surface area (Å²) in [6.45, 7) is 2.04. The van der Waals surface area contributed by atoms with Gasteiger partial charge in [0.15, 0.2) is 11.0 Å². The third-order valence-corrected chi connectivity index (χ3v) is 6.00. The molecule has 5 aromatic rings. The average molecular weight is 461 g/mol. The monoisotopic (exact) mass is 460 g/mol. The van der Waals surface area contributed by atoms with Gasteiger partial charge in [-0.25, -0.2) is 0 Å². The molecule has 0 fully saturated rings. The Morgan fingerprint density at radius 1 is 0.938 bits per heavy atom. The highest BCUT2D eigenvalue weighted by atomic mass is 35.5. The number of halogens is 1. The Bertz CT molecular complexity index is 1350. The largest absolute Gasteiger partial charge is 0.338 e. The van der Waals surface area contributed by atoms with E-state index in [9.17, 15) is 0 Å². The van der Waals surface area contributed by atoms with E-state index in [2.05, 4.69) is 25.3 Å². The van der Waals surface area contributed by atoms with Crippen molar-refractivity contribution >= 4 is 23.4 Å². The number of hydrogen-bond donors (Lipinski definition) is 0. The van der Waals surface area contributed by atoms with Crippen molar-refractivity contribution in [1.29, 1.82) is 0 Å². The van der Waals surface area contributed by atoms with Crippen LogP contribution in [0.25, 0.3) is 28.5 Å². The summed E-state index contributed by atoms with van der Waals surface area (Å²) < 4.78 is 7.39. The highest BCUT2D eigenvalue weighted by Gasteiger charge is 2.19. The quantitative estimate of drug-likeness (QED) is 0.303. The van der Waals surface area contributed by atoms with Crippen molar-refractivity contribution in [3.8, 4) is 28.5 Å². The zero-order valence-electron chi connectivity index (χ0n) is 17.0. The molecule has 0 aliphatic carbocycles. The molecule has 3 aromatic heterocycles. The van der Waals surface area contributed by atoms with Crippen LogP contribution in [0.2, 0.25) is 5.02 Å². The summed E-state index contributed by atoms with van der Waals surface area (Å²) in [7, 11) is 0. The second-order valence-electron chi connectivity index (χ2n) is 7.00. The molecule has 0 spiro atoms. The van der Waals surface area contributed by atoms with Gasteiger partial charge in [-0.05, 0) is 31.2 Å². The van der Waals surface area contributed by atoms with Crippen LogP contribution in [0, 0.1) is 6.92 Å². The third kappa shape index (κ3) is 4.15. The van der Waals surface area contributed by atoms with Gasteiger partial charge < -0.3 is 4.52 Å². The molecular weight excluding hydrogens is 444 g/mol. The zero-order chi connectivity index (χ0) is 21.9. The molecule has 158 valence electrons. The molecule has 0 saturated carbocycles. The summed E-state index contributed by atoms with van der Waals surface area (Å²) in [6, 6.07) is 19.4. The molecule has 2 aromatic carbocycles. The number of aromatic nitrogens is 6. The Hall–Kier alpha value is -3.49. The molecule has 3 heterocycles. The van der Waals surface area contributed by atoms with Gasteiger partial charge in [-0.2, -0.15) is 4.98 Å². The Morgan fingerprint density at radius 2 is 1.72 bits per heavy atom. The van der Waals surface area contributed by atoms with Gasteiger partial charge in [-0.3, -0.25) is 9.55 Å². The fourth-order valence-corrected chi connectivity index (χ4v) is 4.16. The van der Waals surface area contributed by atoms with E-state index in [0.29, 0.717) is 33.5 Å². The van der Waals surface area contributed by atoms with E-state index in [1.165, 1.54) is 17.3 Å². The summed E-state index contributed by atoms with van der Waals surface area (Å²) in [4.78, 5) is 8.61. The molecule has 7 nitrogen and oxygen atoms in total. The maximum atomic E-state index is 6.51. The molecule has 0 atom stereocenters. The van der Waals surface area contributed by atoms with Crippen LogP contribution >= 0.6 is 23.4 Å². The summed E-state index contributed by atoms with van der Waals surface area (Å²) in [6.07, 6.45) is 3.44. The number of benzene rings is 2. The van der Waals surface area contributed by atoms with Gasteiger partial charge in [0.2, 0.25) is 11.7 Å². The number of rotatable bonds is 6. The maximum Gasteiger partial charge on any atom is 0.237 e. The number of pyridine rings is 1. The Kier molecular flexibility index (Phi) is 5.70. The molecule has 5 rings (SSSR count). The lowest BCUT2D eigenvalue weighted by molar-refractivity contribution is 0.391. The predicted octanol–water partition coefficient (Wildman–Crippen LogP) is 5.63. The molecule has 0 radical (unpaired) electrons. The van der Waals surface area contributed by atoms with Crippen molar-refractivity contribution in [2.45, 2.75) is 17.8 Å². The highest BCUT2D eigenvalue weighted by Crippen LogP contribution is 2.32. The van der Waals surface area contributed by atoms with E-state index in [1.807, 2.05) is 72.2 Å². The van der Waals surface area contributed by atoms with Crippen LogP contribution in [0.5, 0.6) is 0 Å². The van der Waals surface area contributed by atoms with Crippen molar-refractivity contribution in [3.05, 3.63) is 89.5 Å². The zero-order valence-corrected chi connectivity index (χ0v) is 18.6. The van der Waals surface area contributed by atoms with Gasteiger partial charge in [0.05, 0.1) is 16.5 Å². The van der Waals surface area contributed by atoms with E-state index in [0.717, 1.165) is 16.8 Å². The second-order valence-corrected chi connectivity index (χ2v) is 8.35. The van der Waals surface area contributed by atoms with E-state index >= 15 is 0 Å². The fourth-order valence-electron chi connectivity index (χ4n) is 3.16. The van der Waals surface area contributed by atoms with Gasteiger partial charge in [0.25, 0.3) is 0 Å². The van der Waals surface area contributed by atoms with E-state index < -0.39 is 0 Å². The predicted molar refractivity (Wildman–Crippen MR) is 124 cm³/mol. The van der Waals surface area contributed by atoms with Gasteiger partial charge in [0.1, 0.15) is 0 Å². The first-order valence-corrected chi connectivity index (χ1v) is 11.2. The van der Waals surface area contributed by atoms with Gasteiger partial charge in [-0.15, -0.1) is 10.2 Å². The smallest absolute Gasteiger partial charge is 0.237 e. The summed E-state index contributed by atoms with van der Waals surface area (Å²) >= 11 is 7.96. The van der Waals surface area contributed by atoms with Crippen LogP contribution in [0.1, 0.15) is 11.5 Å². The van der Waals surface area contributed by atoms with Crippen LogP contribution in [0.4, 0.5) is 0 Å². The van der Waals surface area contributed by atoms with Gasteiger partial charge in [0, 0.05) is 23.5 Å². The minimum atomic E-state index is 0.442. The first kappa shape index (κ1) is 20.4.